The smallest absolute Gasteiger partial charge is 0.248 e. The fourth-order valence-corrected chi connectivity index (χ4v) is 3.35. The van der Waals surface area contributed by atoms with Crippen molar-refractivity contribution in [1.82, 2.24) is 9.97 Å². The Labute approximate surface area is 191 Å². The third-order valence-corrected chi connectivity index (χ3v) is 5.10. The Morgan fingerprint density at radius 3 is 2.53 bits per heavy atom. The number of fused-ring (bicyclic) bond motifs is 1. The number of nitrogens with zero attached hydrogens (tertiary/aromatic N) is 2. The highest BCUT2D eigenvalue weighted by Gasteiger charge is 2.09. The van der Waals surface area contributed by atoms with Crippen LogP contribution in [0.15, 0.2) is 79.0 Å². The van der Waals surface area contributed by atoms with Gasteiger partial charge in [-0.15, -0.1) is 0 Å². The minimum Gasteiger partial charge on any atom is -0.339 e. The molecule has 160 valence electrons. The van der Waals surface area contributed by atoms with Crippen molar-refractivity contribution < 1.29 is 4.79 Å². The number of halogens is 1. The van der Waals surface area contributed by atoms with E-state index in [1.165, 1.54) is 6.08 Å². The summed E-state index contributed by atoms with van der Waals surface area (Å²) in [6, 6.07) is 19.8. The van der Waals surface area contributed by atoms with Crippen molar-refractivity contribution >= 4 is 57.1 Å². The van der Waals surface area contributed by atoms with Crippen LogP contribution in [0, 0.1) is 6.92 Å². The summed E-state index contributed by atoms with van der Waals surface area (Å²) in [4.78, 5) is 20.7. The van der Waals surface area contributed by atoms with Gasteiger partial charge in [-0.05, 0) is 60.5 Å². The lowest BCUT2D eigenvalue weighted by atomic mass is 10.1. The summed E-state index contributed by atoms with van der Waals surface area (Å²) < 4.78 is 0. The van der Waals surface area contributed by atoms with E-state index in [1.54, 1.807) is 19.2 Å². The number of hydrogen-bond donors (Lipinski definition) is 3. The molecule has 0 aliphatic rings. The van der Waals surface area contributed by atoms with Gasteiger partial charge in [-0.3, -0.25) is 4.79 Å². The fraction of sp³-hybridized carbons (Fsp3) is 0.0800. The molecule has 0 spiro atoms. The predicted octanol–water partition coefficient (Wildman–Crippen LogP) is 6.59. The molecule has 6 nitrogen and oxygen atoms in total. The predicted molar refractivity (Wildman–Crippen MR) is 132 cm³/mol. The van der Waals surface area contributed by atoms with Gasteiger partial charge in [0.1, 0.15) is 5.02 Å². The zero-order chi connectivity index (χ0) is 22.5. The quantitative estimate of drug-likeness (QED) is 0.293. The first-order valence-corrected chi connectivity index (χ1v) is 10.5. The maximum absolute atomic E-state index is 11.9. The highest BCUT2D eigenvalue weighted by atomic mass is 35.5. The standard InChI is InChI=1S/C25H22ClN5O/c1-3-6-23(32)30-22-14-20(11-9-16(22)2)29-25-27-15-21(26)24(31-25)28-19-12-10-17-7-4-5-8-18(17)13-19/h3-15H,1-2H3,(H,30,32)(H2,27,28,29,31)/b6-3+. The zero-order valence-corrected chi connectivity index (χ0v) is 18.4. The van der Waals surface area contributed by atoms with E-state index in [0.29, 0.717) is 22.5 Å². The molecule has 0 saturated heterocycles. The molecule has 0 saturated carbocycles. The lowest BCUT2D eigenvalue weighted by Crippen LogP contribution is -2.09. The second kappa shape index (κ2) is 9.49. The van der Waals surface area contributed by atoms with Gasteiger partial charge in [-0.1, -0.05) is 54.1 Å². The van der Waals surface area contributed by atoms with Gasteiger partial charge >= 0.3 is 0 Å². The van der Waals surface area contributed by atoms with Crippen LogP contribution in [-0.4, -0.2) is 15.9 Å². The average molecular weight is 444 g/mol. The normalized spacial score (nSPS) is 11.0. The minimum absolute atomic E-state index is 0.183. The fourth-order valence-electron chi connectivity index (χ4n) is 3.21. The van der Waals surface area contributed by atoms with Crippen molar-refractivity contribution in [3.8, 4) is 0 Å². The van der Waals surface area contributed by atoms with Gasteiger partial charge in [0, 0.05) is 17.1 Å². The number of hydrogen-bond acceptors (Lipinski definition) is 5. The van der Waals surface area contributed by atoms with Crippen LogP contribution in [0.25, 0.3) is 10.8 Å². The van der Waals surface area contributed by atoms with Gasteiger partial charge in [0.05, 0.1) is 6.20 Å². The Balaban J connectivity index is 1.55. The highest BCUT2D eigenvalue weighted by Crippen LogP contribution is 2.28. The number of rotatable bonds is 6. The van der Waals surface area contributed by atoms with Crippen LogP contribution in [0.5, 0.6) is 0 Å². The molecule has 0 aliphatic heterocycles. The van der Waals surface area contributed by atoms with Crippen LogP contribution in [0.3, 0.4) is 0 Å². The zero-order valence-electron chi connectivity index (χ0n) is 17.7. The van der Waals surface area contributed by atoms with Crippen LogP contribution in [-0.2, 0) is 4.79 Å². The van der Waals surface area contributed by atoms with Crippen LogP contribution in [0.1, 0.15) is 12.5 Å². The molecule has 0 atom stereocenters. The summed E-state index contributed by atoms with van der Waals surface area (Å²) >= 11 is 6.33. The van der Waals surface area contributed by atoms with Crippen molar-refractivity contribution in [2.24, 2.45) is 0 Å². The minimum atomic E-state index is -0.183. The molecule has 0 radical (unpaired) electrons. The molecule has 4 rings (SSSR count). The van der Waals surface area contributed by atoms with Crippen LogP contribution < -0.4 is 16.0 Å². The lowest BCUT2D eigenvalue weighted by molar-refractivity contribution is -0.111. The highest BCUT2D eigenvalue weighted by molar-refractivity contribution is 6.32. The Hall–Kier alpha value is -3.90. The molecule has 0 fully saturated rings. The first-order chi connectivity index (χ1) is 15.5. The van der Waals surface area contributed by atoms with Gasteiger partial charge in [-0.25, -0.2) is 4.98 Å². The topological polar surface area (TPSA) is 78.9 Å². The average Bonchev–Trinajstić information content (AvgIpc) is 2.78. The third-order valence-electron chi connectivity index (χ3n) is 4.83. The van der Waals surface area contributed by atoms with Crippen molar-refractivity contribution in [2.75, 3.05) is 16.0 Å². The van der Waals surface area contributed by atoms with E-state index in [0.717, 1.165) is 27.7 Å². The number of carbonyl (C=O) groups excluding carboxylic acids is 1. The van der Waals surface area contributed by atoms with Crippen LogP contribution in [0.2, 0.25) is 5.02 Å². The molecule has 0 unspecified atom stereocenters. The van der Waals surface area contributed by atoms with E-state index in [-0.39, 0.29) is 5.91 Å². The van der Waals surface area contributed by atoms with Crippen molar-refractivity contribution in [2.45, 2.75) is 13.8 Å². The van der Waals surface area contributed by atoms with Crippen LogP contribution >= 0.6 is 11.6 Å². The maximum Gasteiger partial charge on any atom is 0.248 e. The van der Waals surface area contributed by atoms with Crippen molar-refractivity contribution in [3.05, 3.63) is 89.6 Å². The Kier molecular flexibility index (Phi) is 6.33. The summed E-state index contributed by atoms with van der Waals surface area (Å²) in [6.45, 7) is 3.73. The molecular formula is C25H22ClN5O. The number of carbonyl (C=O) groups is 1. The SMILES string of the molecule is C/C=C/C(=O)Nc1cc(Nc2ncc(Cl)c(Nc3ccc4ccccc4c3)n2)ccc1C. The molecule has 7 heteroatoms. The van der Waals surface area contributed by atoms with E-state index in [4.69, 9.17) is 11.6 Å². The molecule has 3 aromatic carbocycles. The first-order valence-electron chi connectivity index (χ1n) is 10.1. The summed E-state index contributed by atoms with van der Waals surface area (Å²) in [5, 5.41) is 12.0. The Morgan fingerprint density at radius 1 is 0.969 bits per heavy atom. The molecule has 3 N–H and O–H groups in total. The third kappa shape index (κ3) is 5.04. The van der Waals surface area contributed by atoms with Crippen molar-refractivity contribution in [1.29, 1.82) is 0 Å². The lowest BCUT2D eigenvalue weighted by Gasteiger charge is -2.12. The number of aromatic nitrogens is 2. The Bertz CT molecular complexity index is 1320. The molecule has 1 amide bonds. The number of amides is 1. The van der Waals surface area contributed by atoms with Crippen molar-refractivity contribution in [3.63, 3.8) is 0 Å². The number of nitrogens with one attached hydrogen (secondary N) is 3. The summed E-state index contributed by atoms with van der Waals surface area (Å²) in [5.74, 6) is 0.692. The van der Waals surface area contributed by atoms with Gasteiger partial charge in [0.25, 0.3) is 0 Å². The number of aryl methyl sites for hydroxylation is 1. The second-order valence-corrected chi connectivity index (χ2v) is 7.63. The van der Waals surface area contributed by atoms with Gasteiger partial charge in [0.15, 0.2) is 5.82 Å². The Morgan fingerprint density at radius 2 is 1.72 bits per heavy atom. The van der Waals surface area contributed by atoms with E-state index in [2.05, 4.69) is 38.1 Å². The summed E-state index contributed by atoms with van der Waals surface area (Å²) in [6.07, 6.45) is 4.72. The van der Waals surface area contributed by atoms with Gasteiger partial charge in [0.2, 0.25) is 11.9 Å². The summed E-state index contributed by atoms with van der Waals surface area (Å²) in [5.41, 5.74) is 3.27. The maximum atomic E-state index is 11.9. The first kappa shape index (κ1) is 21.3. The van der Waals surface area contributed by atoms with Gasteiger partial charge < -0.3 is 16.0 Å². The largest absolute Gasteiger partial charge is 0.339 e. The summed E-state index contributed by atoms with van der Waals surface area (Å²) in [7, 11) is 0. The van der Waals surface area contributed by atoms with E-state index >= 15 is 0 Å². The second-order valence-electron chi connectivity index (χ2n) is 7.22. The molecule has 32 heavy (non-hydrogen) atoms. The van der Waals surface area contributed by atoms with E-state index in [1.807, 2.05) is 55.5 Å². The van der Waals surface area contributed by atoms with Gasteiger partial charge in [-0.2, -0.15) is 4.98 Å². The number of allylic oxidation sites excluding steroid dienone is 1. The molecule has 4 aromatic rings. The molecule has 0 bridgehead atoms. The molecular weight excluding hydrogens is 422 g/mol. The van der Waals surface area contributed by atoms with E-state index in [9.17, 15) is 4.79 Å². The molecule has 1 aromatic heterocycles. The molecule has 0 aliphatic carbocycles. The number of anilines is 5. The van der Waals surface area contributed by atoms with Crippen LogP contribution in [0.4, 0.5) is 28.8 Å². The molecule has 1 heterocycles. The monoisotopic (exact) mass is 443 g/mol. The number of benzene rings is 3. The van der Waals surface area contributed by atoms with E-state index < -0.39 is 0 Å².